The number of benzene rings is 1. The van der Waals surface area contributed by atoms with Gasteiger partial charge in [-0.1, -0.05) is 0 Å². The molecule has 1 amide bonds. The summed E-state index contributed by atoms with van der Waals surface area (Å²) in [7, 11) is 5.29. The third-order valence-electron chi connectivity index (χ3n) is 4.44. The number of nitrogens with zero attached hydrogens (tertiary/aromatic N) is 1. The minimum absolute atomic E-state index is 0.0329. The van der Waals surface area contributed by atoms with Crippen LogP contribution in [0, 0.1) is 13.8 Å². The molecule has 1 heterocycles. The maximum Gasteiger partial charge on any atom is 0.224 e. The predicted octanol–water partition coefficient (Wildman–Crippen LogP) is 2.56. The van der Waals surface area contributed by atoms with Gasteiger partial charge in [-0.15, -0.1) is 0 Å². The Labute approximate surface area is 143 Å². The van der Waals surface area contributed by atoms with Crippen molar-refractivity contribution in [2.24, 2.45) is 7.05 Å². The molecule has 0 unspecified atom stereocenters. The molecule has 0 saturated carbocycles. The van der Waals surface area contributed by atoms with Crippen molar-refractivity contribution in [2.75, 3.05) is 20.8 Å². The van der Waals surface area contributed by atoms with E-state index >= 15 is 0 Å². The minimum Gasteiger partial charge on any atom is -0.497 e. The van der Waals surface area contributed by atoms with Crippen LogP contribution in [0.1, 0.15) is 22.5 Å². The first-order valence-corrected chi connectivity index (χ1v) is 8.05. The molecule has 0 radical (unpaired) electrons. The summed E-state index contributed by atoms with van der Waals surface area (Å²) in [5.41, 5.74) is 4.39. The summed E-state index contributed by atoms with van der Waals surface area (Å²) in [5, 5.41) is 2.98. The zero-order valence-electron chi connectivity index (χ0n) is 15.1. The lowest BCUT2D eigenvalue weighted by Gasteiger charge is -2.11. The fourth-order valence-corrected chi connectivity index (χ4v) is 2.76. The first-order valence-electron chi connectivity index (χ1n) is 8.05. The molecule has 5 nitrogen and oxygen atoms in total. The van der Waals surface area contributed by atoms with Crippen LogP contribution in [-0.2, 0) is 24.7 Å². The number of methoxy groups -OCH3 is 2. The minimum atomic E-state index is 0.0329. The van der Waals surface area contributed by atoms with E-state index in [1.165, 1.54) is 0 Å². The topological polar surface area (TPSA) is 52.5 Å². The van der Waals surface area contributed by atoms with Crippen LogP contribution >= 0.6 is 0 Å². The molecule has 0 fully saturated rings. The van der Waals surface area contributed by atoms with Crippen LogP contribution in [0.2, 0.25) is 0 Å². The van der Waals surface area contributed by atoms with E-state index in [4.69, 9.17) is 9.47 Å². The Hall–Kier alpha value is -2.43. The molecular formula is C19H26N2O3. The number of rotatable bonds is 7. The molecule has 1 aromatic heterocycles. The van der Waals surface area contributed by atoms with Gasteiger partial charge in [0.1, 0.15) is 11.5 Å². The third-order valence-corrected chi connectivity index (χ3v) is 4.44. The Morgan fingerprint density at radius 3 is 2.46 bits per heavy atom. The second-order valence-corrected chi connectivity index (χ2v) is 5.91. The predicted molar refractivity (Wildman–Crippen MR) is 94.9 cm³/mol. The third kappa shape index (κ3) is 4.10. The number of carbonyl (C=O) groups excluding carboxylic acids is 1. The van der Waals surface area contributed by atoms with Crippen molar-refractivity contribution in [3.63, 3.8) is 0 Å². The molecule has 0 aliphatic carbocycles. The molecule has 5 heteroatoms. The summed E-state index contributed by atoms with van der Waals surface area (Å²) in [6.45, 7) is 4.65. The fraction of sp³-hybridized carbons (Fsp3) is 0.421. The number of nitrogens with one attached hydrogen (secondary N) is 1. The average Bonchev–Trinajstić information content (AvgIpc) is 2.81. The van der Waals surface area contributed by atoms with Crippen molar-refractivity contribution in [1.82, 2.24) is 9.88 Å². The molecule has 0 aliphatic heterocycles. The second-order valence-electron chi connectivity index (χ2n) is 5.91. The van der Waals surface area contributed by atoms with Crippen LogP contribution < -0.4 is 14.8 Å². The first kappa shape index (κ1) is 17.9. The number of amides is 1. The van der Waals surface area contributed by atoms with Gasteiger partial charge >= 0.3 is 0 Å². The van der Waals surface area contributed by atoms with E-state index < -0.39 is 0 Å². The van der Waals surface area contributed by atoms with E-state index in [9.17, 15) is 4.79 Å². The van der Waals surface area contributed by atoms with Crippen LogP contribution in [0.5, 0.6) is 11.5 Å². The van der Waals surface area contributed by atoms with E-state index in [1.54, 1.807) is 14.2 Å². The van der Waals surface area contributed by atoms with Crippen molar-refractivity contribution in [2.45, 2.75) is 26.7 Å². The molecule has 0 spiro atoms. The Balaban J connectivity index is 1.92. The summed E-state index contributed by atoms with van der Waals surface area (Å²) in [6, 6.07) is 7.75. The molecular weight excluding hydrogens is 304 g/mol. The highest BCUT2D eigenvalue weighted by Gasteiger charge is 2.11. The molecule has 1 aromatic carbocycles. The van der Waals surface area contributed by atoms with Gasteiger partial charge in [0.25, 0.3) is 0 Å². The van der Waals surface area contributed by atoms with E-state index in [2.05, 4.69) is 16.0 Å². The summed E-state index contributed by atoms with van der Waals surface area (Å²) in [4.78, 5) is 12.2. The largest absolute Gasteiger partial charge is 0.497 e. The number of aryl methyl sites for hydroxylation is 1. The highest BCUT2D eigenvalue weighted by molar-refractivity contribution is 5.78. The normalized spacial score (nSPS) is 10.5. The molecule has 0 bridgehead atoms. The van der Waals surface area contributed by atoms with Crippen molar-refractivity contribution >= 4 is 5.91 Å². The Bertz CT molecular complexity index is 720. The van der Waals surface area contributed by atoms with Crippen molar-refractivity contribution in [3.8, 4) is 11.5 Å². The maximum absolute atomic E-state index is 12.2. The summed E-state index contributed by atoms with van der Waals surface area (Å²) in [5.74, 6) is 1.62. The summed E-state index contributed by atoms with van der Waals surface area (Å²) < 4.78 is 12.7. The zero-order chi connectivity index (χ0) is 17.7. The lowest BCUT2D eigenvalue weighted by atomic mass is 10.1. The molecule has 24 heavy (non-hydrogen) atoms. The van der Waals surface area contributed by atoms with Gasteiger partial charge in [-0.3, -0.25) is 4.79 Å². The number of carbonyl (C=O) groups is 1. The number of hydrogen-bond acceptors (Lipinski definition) is 3. The van der Waals surface area contributed by atoms with Gasteiger partial charge in [0.05, 0.1) is 20.6 Å². The van der Waals surface area contributed by atoms with Gasteiger partial charge in [-0.2, -0.15) is 0 Å². The van der Waals surface area contributed by atoms with Gasteiger partial charge in [-0.05, 0) is 55.7 Å². The lowest BCUT2D eigenvalue weighted by molar-refractivity contribution is -0.120. The van der Waals surface area contributed by atoms with E-state index in [0.717, 1.165) is 34.0 Å². The molecule has 0 aliphatic rings. The van der Waals surface area contributed by atoms with E-state index in [0.29, 0.717) is 19.4 Å². The van der Waals surface area contributed by atoms with Gasteiger partial charge in [0, 0.05) is 25.0 Å². The Kier molecular flexibility index (Phi) is 5.90. The van der Waals surface area contributed by atoms with Crippen molar-refractivity contribution in [1.29, 1.82) is 0 Å². The molecule has 1 N–H and O–H groups in total. The SMILES string of the molecule is COc1ccc(OC)c(CCNC(=O)Cc2cc(C)n(C)c2C)c1. The monoisotopic (exact) mass is 330 g/mol. The van der Waals surface area contributed by atoms with E-state index in [-0.39, 0.29) is 5.91 Å². The van der Waals surface area contributed by atoms with Crippen molar-refractivity contribution in [3.05, 3.63) is 46.8 Å². The van der Waals surface area contributed by atoms with Crippen molar-refractivity contribution < 1.29 is 14.3 Å². The smallest absolute Gasteiger partial charge is 0.224 e. The number of hydrogen-bond donors (Lipinski definition) is 1. The standard InChI is InChI=1S/C19H26N2O3/c1-13-10-16(14(2)21(13)3)12-19(22)20-9-8-15-11-17(23-4)6-7-18(15)24-5/h6-7,10-11H,8-9,12H2,1-5H3,(H,20,22). The summed E-state index contributed by atoms with van der Waals surface area (Å²) in [6.07, 6.45) is 1.10. The van der Waals surface area contributed by atoms with Gasteiger partial charge in [-0.25, -0.2) is 0 Å². The molecule has 0 atom stereocenters. The quantitative estimate of drug-likeness (QED) is 0.849. The maximum atomic E-state index is 12.2. The average molecular weight is 330 g/mol. The Morgan fingerprint density at radius 2 is 1.88 bits per heavy atom. The van der Waals surface area contributed by atoms with Crippen LogP contribution in [0.3, 0.4) is 0 Å². The highest BCUT2D eigenvalue weighted by atomic mass is 16.5. The molecule has 2 rings (SSSR count). The first-order chi connectivity index (χ1) is 11.5. The van der Waals surface area contributed by atoms with Gasteiger partial charge < -0.3 is 19.4 Å². The highest BCUT2D eigenvalue weighted by Crippen LogP contribution is 2.24. The van der Waals surface area contributed by atoms with Crippen LogP contribution in [0.4, 0.5) is 0 Å². The second kappa shape index (κ2) is 7.90. The van der Waals surface area contributed by atoms with Crippen LogP contribution in [0.25, 0.3) is 0 Å². The van der Waals surface area contributed by atoms with Crippen LogP contribution in [0.15, 0.2) is 24.3 Å². The molecule has 2 aromatic rings. The fourth-order valence-electron chi connectivity index (χ4n) is 2.76. The Morgan fingerprint density at radius 1 is 1.12 bits per heavy atom. The van der Waals surface area contributed by atoms with E-state index in [1.807, 2.05) is 39.1 Å². The molecule has 130 valence electrons. The molecule has 0 saturated heterocycles. The zero-order valence-corrected chi connectivity index (χ0v) is 15.1. The van der Waals surface area contributed by atoms with Gasteiger partial charge in [0.15, 0.2) is 0 Å². The summed E-state index contributed by atoms with van der Waals surface area (Å²) >= 11 is 0. The van der Waals surface area contributed by atoms with Crippen LogP contribution in [-0.4, -0.2) is 31.2 Å². The number of aromatic nitrogens is 1. The lowest BCUT2D eigenvalue weighted by Crippen LogP contribution is -2.27. The number of ether oxygens (including phenoxy) is 2. The van der Waals surface area contributed by atoms with Gasteiger partial charge in [0.2, 0.25) is 5.91 Å².